The largest absolute Gasteiger partial charge is 0.444 e. The lowest BCUT2D eigenvalue weighted by Gasteiger charge is -2.21. The zero-order chi connectivity index (χ0) is 17.0. The molecule has 0 aliphatic carbocycles. The van der Waals surface area contributed by atoms with E-state index in [9.17, 15) is 4.79 Å². The number of hydrogen-bond donors (Lipinski definition) is 2. The van der Waals surface area contributed by atoms with Crippen LogP contribution in [0.3, 0.4) is 0 Å². The van der Waals surface area contributed by atoms with Crippen molar-refractivity contribution in [3.63, 3.8) is 0 Å². The Kier molecular flexibility index (Phi) is 5.46. The van der Waals surface area contributed by atoms with Crippen LogP contribution in [0.2, 0.25) is 0 Å². The molecular formula is C17H22BrN3O2. The van der Waals surface area contributed by atoms with E-state index in [1.165, 1.54) is 0 Å². The molecule has 124 valence electrons. The van der Waals surface area contributed by atoms with Gasteiger partial charge in [-0.15, -0.1) is 0 Å². The quantitative estimate of drug-likeness (QED) is 0.829. The number of carbonyl (C=O) groups is 1. The molecule has 6 heteroatoms. The van der Waals surface area contributed by atoms with Crippen molar-refractivity contribution in [3.8, 4) is 0 Å². The predicted octanol–water partition coefficient (Wildman–Crippen LogP) is 4.32. The molecule has 5 nitrogen and oxygen atoms in total. The predicted molar refractivity (Wildman–Crippen MR) is 96.8 cm³/mol. The monoisotopic (exact) mass is 379 g/mol. The number of benzene rings is 1. The van der Waals surface area contributed by atoms with E-state index >= 15 is 0 Å². The maximum atomic E-state index is 11.7. The van der Waals surface area contributed by atoms with Crippen LogP contribution in [-0.2, 0) is 4.74 Å². The average molecular weight is 380 g/mol. The third kappa shape index (κ3) is 5.39. The Bertz CT molecular complexity index is 698. The van der Waals surface area contributed by atoms with E-state index in [2.05, 4.69) is 31.5 Å². The van der Waals surface area contributed by atoms with Crippen molar-refractivity contribution in [1.29, 1.82) is 0 Å². The van der Waals surface area contributed by atoms with Gasteiger partial charge >= 0.3 is 6.09 Å². The van der Waals surface area contributed by atoms with Gasteiger partial charge in [-0.25, -0.2) is 4.79 Å². The summed E-state index contributed by atoms with van der Waals surface area (Å²) in [6, 6.07) is 8.04. The van der Waals surface area contributed by atoms with Gasteiger partial charge in [0.1, 0.15) is 5.60 Å². The number of rotatable bonds is 4. The number of nitrogens with zero attached hydrogens (tertiary/aromatic N) is 1. The summed E-state index contributed by atoms with van der Waals surface area (Å²) in [5.74, 6) is 0. The minimum Gasteiger partial charge on any atom is -0.444 e. The van der Waals surface area contributed by atoms with E-state index in [4.69, 9.17) is 4.74 Å². The summed E-state index contributed by atoms with van der Waals surface area (Å²) in [5.41, 5.74) is 1.35. The molecule has 0 saturated carbocycles. The number of alkyl carbamates (subject to hydrolysis) is 1. The number of carbonyl (C=O) groups excluding carboxylic acids is 1. The van der Waals surface area contributed by atoms with Crippen molar-refractivity contribution in [2.45, 2.75) is 39.3 Å². The van der Waals surface area contributed by atoms with E-state index in [0.29, 0.717) is 6.54 Å². The number of halogens is 1. The second-order valence-corrected chi connectivity index (χ2v) is 7.37. The topological polar surface area (TPSA) is 63.2 Å². The zero-order valence-electron chi connectivity index (χ0n) is 13.8. The summed E-state index contributed by atoms with van der Waals surface area (Å²) in [6.07, 6.45) is 1.36. The Morgan fingerprint density at radius 2 is 2.13 bits per heavy atom. The highest BCUT2D eigenvalue weighted by Gasteiger charge is 2.16. The molecule has 2 N–H and O–H groups in total. The fraction of sp³-hybridized carbons (Fsp3) is 0.412. The molecule has 0 aliphatic heterocycles. The molecule has 2 rings (SSSR count). The Labute approximate surface area is 144 Å². The number of anilines is 1. The fourth-order valence-electron chi connectivity index (χ4n) is 2.12. The molecule has 0 saturated heterocycles. The van der Waals surface area contributed by atoms with Gasteiger partial charge in [-0.2, -0.15) is 0 Å². The number of fused-ring (bicyclic) bond motifs is 1. The van der Waals surface area contributed by atoms with Gasteiger partial charge in [-0.1, -0.05) is 12.1 Å². The Morgan fingerprint density at radius 1 is 1.39 bits per heavy atom. The van der Waals surface area contributed by atoms with Crippen LogP contribution >= 0.6 is 15.9 Å². The first-order chi connectivity index (χ1) is 10.7. The Hall–Kier alpha value is -1.82. The first kappa shape index (κ1) is 17.5. The minimum atomic E-state index is -0.492. The van der Waals surface area contributed by atoms with Crippen molar-refractivity contribution >= 4 is 38.6 Å². The Morgan fingerprint density at radius 3 is 2.83 bits per heavy atom. The van der Waals surface area contributed by atoms with Gasteiger partial charge in [0.25, 0.3) is 0 Å². The normalized spacial score (nSPS) is 12.7. The summed E-state index contributed by atoms with van der Waals surface area (Å²) in [5, 5.41) is 7.19. The molecule has 0 radical (unpaired) electrons. The van der Waals surface area contributed by atoms with Crippen LogP contribution in [0.25, 0.3) is 10.9 Å². The maximum Gasteiger partial charge on any atom is 0.407 e. The summed E-state index contributed by atoms with van der Waals surface area (Å²) < 4.78 is 6.17. The molecule has 1 aromatic carbocycles. The molecule has 2 aromatic rings. The van der Waals surface area contributed by atoms with Crippen LogP contribution < -0.4 is 10.6 Å². The number of aromatic nitrogens is 1. The highest BCUT2D eigenvalue weighted by molar-refractivity contribution is 9.10. The lowest BCUT2D eigenvalue weighted by molar-refractivity contribution is 0.0526. The number of pyridine rings is 1. The third-order valence-corrected chi connectivity index (χ3v) is 3.46. The summed E-state index contributed by atoms with van der Waals surface area (Å²) in [6.45, 7) is 7.98. The number of amides is 1. The molecule has 0 bridgehead atoms. The first-order valence-corrected chi connectivity index (χ1v) is 8.31. The van der Waals surface area contributed by atoms with Crippen molar-refractivity contribution < 1.29 is 9.53 Å². The molecule has 0 spiro atoms. The molecule has 1 amide bonds. The highest BCUT2D eigenvalue weighted by Crippen LogP contribution is 2.24. The summed E-state index contributed by atoms with van der Waals surface area (Å²) >= 11 is 3.43. The van der Waals surface area contributed by atoms with Crippen LogP contribution in [0.4, 0.5) is 10.5 Å². The van der Waals surface area contributed by atoms with Crippen LogP contribution in [-0.4, -0.2) is 29.3 Å². The van der Waals surface area contributed by atoms with Gasteiger partial charge in [-0.05, 0) is 55.8 Å². The van der Waals surface area contributed by atoms with E-state index in [-0.39, 0.29) is 6.04 Å². The average Bonchev–Trinajstić information content (AvgIpc) is 2.43. The minimum absolute atomic E-state index is 0.0403. The molecule has 0 aliphatic rings. The molecular weight excluding hydrogens is 358 g/mol. The molecule has 1 aromatic heterocycles. The molecule has 0 fully saturated rings. The molecule has 1 unspecified atom stereocenters. The van der Waals surface area contributed by atoms with Gasteiger partial charge < -0.3 is 15.4 Å². The highest BCUT2D eigenvalue weighted by atomic mass is 79.9. The third-order valence-electron chi connectivity index (χ3n) is 3.03. The van der Waals surface area contributed by atoms with Crippen LogP contribution in [0.1, 0.15) is 27.7 Å². The van der Waals surface area contributed by atoms with Crippen molar-refractivity contribution in [2.24, 2.45) is 0 Å². The van der Waals surface area contributed by atoms with E-state index in [1.54, 1.807) is 6.20 Å². The van der Waals surface area contributed by atoms with Gasteiger partial charge in [0.05, 0.1) is 11.2 Å². The maximum absolute atomic E-state index is 11.7. The van der Waals surface area contributed by atoms with Gasteiger partial charge in [-0.3, -0.25) is 4.98 Å². The van der Waals surface area contributed by atoms with E-state index < -0.39 is 11.7 Å². The second-order valence-electron chi connectivity index (χ2n) is 6.46. The number of ether oxygens (including phenoxy) is 1. The summed E-state index contributed by atoms with van der Waals surface area (Å²) in [7, 11) is 0. The van der Waals surface area contributed by atoms with Gasteiger partial charge in [0, 0.05) is 28.6 Å². The van der Waals surface area contributed by atoms with Crippen molar-refractivity contribution in [3.05, 3.63) is 34.9 Å². The van der Waals surface area contributed by atoms with Crippen LogP contribution in [0.5, 0.6) is 0 Å². The number of para-hydroxylation sites is 1. The first-order valence-electron chi connectivity index (χ1n) is 7.52. The lowest BCUT2D eigenvalue weighted by Crippen LogP contribution is -2.38. The number of hydrogen-bond acceptors (Lipinski definition) is 4. The van der Waals surface area contributed by atoms with Gasteiger partial charge in [0.2, 0.25) is 0 Å². The zero-order valence-corrected chi connectivity index (χ0v) is 15.4. The summed E-state index contributed by atoms with van der Waals surface area (Å²) in [4.78, 5) is 16.1. The Balaban J connectivity index is 1.98. The molecule has 1 heterocycles. The smallest absolute Gasteiger partial charge is 0.407 e. The fourth-order valence-corrected chi connectivity index (χ4v) is 2.47. The van der Waals surface area contributed by atoms with Crippen LogP contribution in [0, 0.1) is 0 Å². The van der Waals surface area contributed by atoms with Crippen LogP contribution in [0.15, 0.2) is 34.9 Å². The molecule has 1 atom stereocenters. The van der Waals surface area contributed by atoms with Gasteiger partial charge in [0.15, 0.2) is 0 Å². The standard InChI is InChI=1S/C17H22BrN3O2/c1-11(9-20-16(22)23-17(2,3)4)21-14-7-5-6-12-8-13(18)10-19-15(12)14/h5-8,10-11,21H,9H2,1-4H3,(H,20,22). The van der Waals surface area contributed by atoms with Crippen molar-refractivity contribution in [2.75, 3.05) is 11.9 Å². The SMILES string of the molecule is CC(CNC(=O)OC(C)(C)C)Nc1cccc2cc(Br)cnc12. The number of nitrogens with one attached hydrogen (secondary N) is 2. The van der Waals surface area contributed by atoms with E-state index in [1.807, 2.05) is 52.0 Å². The molecule has 23 heavy (non-hydrogen) atoms. The van der Waals surface area contributed by atoms with E-state index in [0.717, 1.165) is 21.1 Å². The lowest BCUT2D eigenvalue weighted by atomic mass is 10.2. The van der Waals surface area contributed by atoms with Crippen molar-refractivity contribution in [1.82, 2.24) is 10.3 Å². The second kappa shape index (κ2) is 7.17.